The third kappa shape index (κ3) is 4.30. The largest absolute Gasteiger partial charge is 0.451 e. The van der Waals surface area contributed by atoms with Crippen molar-refractivity contribution in [1.82, 2.24) is 19.9 Å². The number of nitrogens with zero attached hydrogens (tertiary/aromatic N) is 4. The molecular formula is C18H21N5O4. The summed E-state index contributed by atoms with van der Waals surface area (Å²) in [4.78, 5) is 38.7. The van der Waals surface area contributed by atoms with Crippen LogP contribution in [0.1, 0.15) is 29.0 Å². The number of aryl methyl sites for hydroxylation is 1. The number of ether oxygens (including phenoxy) is 1. The Morgan fingerprint density at radius 2 is 1.96 bits per heavy atom. The summed E-state index contributed by atoms with van der Waals surface area (Å²) in [6, 6.07) is 9.16. The van der Waals surface area contributed by atoms with Crippen molar-refractivity contribution in [2.45, 2.75) is 19.8 Å². The quantitative estimate of drug-likeness (QED) is 0.762. The normalized spacial score (nSPS) is 16.8. The summed E-state index contributed by atoms with van der Waals surface area (Å²) in [7, 11) is 0. The number of carbonyl (C=O) groups is 3. The first-order valence-corrected chi connectivity index (χ1v) is 8.69. The zero-order valence-electron chi connectivity index (χ0n) is 15.0. The Balaban J connectivity index is 1.60. The average Bonchev–Trinajstić information content (AvgIpc) is 3.08. The highest BCUT2D eigenvalue weighted by molar-refractivity contribution is 5.90. The molecule has 1 atom stereocenters. The molecule has 2 heterocycles. The number of esters is 1. The van der Waals surface area contributed by atoms with Crippen LogP contribution in [0.4, 0.5) is 0 Å². The van der Waals surface area contributed by atoms with Gasteiger partial charge in [-0.15, -0.1) is 5.10 Å². The predicted octanol–water partition coefficient (Wildman–Crippen LogP) is 0.456. The molecule has 1 fully saturated rings. The standard InChI is InChI=1S/C18H21N5O4/c1-12-16(21-23(20-12)14-7-3-2-4-8-14)18(26)27-11-15(24)22-9-5-6-13(10-22)17(19)25/h2-4,7-8,13H,5-6,9-11H2,1H3,(H2,19,25)/t13-/m0/s1. The minimum Gasteiger partial charge on any atom is -0.451 e. The second kappa shape index (κ2) is 7.98. The monoisotopic (exact) mass is 371 g/mol. The number of likely N-dealkylation sites (tertiary alicyclic amines) is 1. The Labute approximate surface area is 156 Å². The zero-order valence-corrected chi connectivity index (χ0v) is 15.0. The van der Waals surface area contributed by atoms with E-state index in [0.29, 0.717) is 30.8 Å². The van der Waals surface area contributed by atoms with Crippen LogP contribution in [-0.2, 0) is 14.3 Å². The highest BCUT2D eigenvalue weighted by Gasteiger charge is 2.28. The summed E-state index contributed by atoms with van der Waals surface area (Å²) in [6.45, 7) is 2.01. The summed E-state index contributed by atoms with van der Waals surface area (Å²) < 4.78 is 5.11. The van der Waals surface area contributed by atoms with E-state index in [-0.39, 0.29) is 24.1 Å². The molecule has 1 aromatic carbocycles. The molecule has 142 valence electrons. The maximum Gasteiger partial charge on any atom is 0.361 e. The van der Waals surface area contributed by atoms with Crippen molar-refractivity contribution in [3.63, 3.8) is 0 Å². The SMILES string of the molecule is Cc1nn(-c2ccccc2)nc1C(=O)OCC(=O)N1CCC[C@H](C(N)=O)C1. The molecule has 1 saturated heterocycles. The molecule has 2 amide bonds. The van der Waals surface area contributed by atoms with E-state index in [9.17, 15) is 14.4 Å². The van der Waals surface area contributed by atoms with Crippen molar-refractivity contribution >= 4 is 17.8 Å². The smallest absolute Gasteiger partial charge is 0.361 e. The molecule has 9 nitrogen and oxygen atoms in total. The van der Waals surface area contributed by atoms with Crippen LogP contribution in [0.5, 0.6) is 0 Å². The van der Waals surface area contributed by atoms with Gasteiger partial charge in [0.2, 0.25) is 5.91 Å². The molecule has 1 aliphatic rings. The Bertz CT molecular complexity index is 849. The van der Waals surface area contributed by atoms with Crippen molar-refractivity contribution < 1.29 is 19.1 Å². The lowest BCUT2D eigenvalue weighted by molar-refractivity contribution is -0.137. The predicted molar refractivity (Wildman–Crippen MR) is 94.9 cm³/mol. The van der Waals surface area contributed by atoms with Crippen molar-refractivity contribution in [1.29, 1.82) is 0 Å². The molecule has 2 N–H and O–H groups in total. The molecule has 2 aromatic rings. The minimum atomic E-state index is -0.716. The van der Waals surface area contributed by atoms with E-state index < -0.39 is 18.5 Å². The maximum absolute atomic E-state index is 12.3. The molecule has 9 heteroatoms. The second-order valence-electron chi connectivity index (χ2n) is 6.42. The lowest BCUT2D eigenvalue weighted by atomic mass is 9.97. The molecule has 0 unspecified atom stereocenters. The lowest BCUT2D eigenvalue weighted by Crippen LogP contribution is -2.45. The number of benzene rings is 1. The van der Waals surface area contributed by atoms with Crippen LogP contribution in [0.2, 0.25) is 0 Å². The van der Waals surface area contributed by atoms with Crippen molar-refractivity contribution in [2.24, 2.45) is 11.7 Å². The zero-order chi connectivity index (χ0) is 19.4. The molecule has 0 bridgehead atoms. The van der Waals surface area contributed by atoms with Gasteiger partial charge in [0.15, 0.2) is 12.3 Å². The van der Waals surface area contributed by atoms with Gasteiger partial charge in [-0.3, -0.25) is 9.59 Å². The van der Waals surface area contributed by atoms with Crippen LogP contribution in [0.15, 0.2) is 30.3 Å². The van der Waals surface area contributed by atoms with Crippen molar-refractivity contribution in [2.75, 3.05) is 19.7 Å². The summed E-state index contributed by atoms with van der Waals surface area (Å²) in [6.07, 6.45) is 1.36. The van der Waals surface area contributed by atoms with Gasteiger partial charge in [-0.1, -0.05) is 18.2 Å². The molecule has 0 radical (unpaired) electrons. The Kier molecular flexibility index (Phi) is 5.49. The van der Waals surface area contributed by atoms with Crippen LogP contribution in [0, 0.1) is 12.8 Å². The molecular weight excluding hydrogens is 350 g/mol. The van der Waals surface area contributed by atoms with Gasteiger partial charge >= 0.3 is 5.97 Å². The van der Waals surface area contributed by atoms with Gasteiger partial charge in [-0.25, -0.2) is 4.79 Å². The first kappa shape index (κ1) is 18.6. The van der Waals surface area contributed by atoms with Gasteiger partial charge in [0, 0.05) is 13.1 Å². The van der Waals surface area contributed by atoms with Crippen molar-refractivity contribution in [3.05, 3.63) is 41.7 Å². The second-order valence-corrected chi connectivity index (χ2v) is 6.42. The molecule has 1 aromatic heterocycles. The van der Waals surface area contributed by atoms with Crippen LogP contribution in [0.3, 0.4) is 0 Å². The van der Waals surface area contributed by atoms with Crippen molar-refractivity contribution in [3.8, 4) is 5.69 Å². The highest BCUT2D eigenvalue weighted by Crippen LogP contribution is 2.16. The molecule has 0 spiro atoms. The summed E-state index contributed by atoms with van der Waals surface area (Å²) in [5, 5.41) is 8.36. The topological polar surface area (TPSA) is 120 Å². The van der Waals surface area contributed by atoms with Crippen LogP contribution in [-0.4, -0.2) is 57.4 Å². The van der Waals surface area contributed by atoms with E-state index in [0.717, 1.165) is 0 Å². The molecule has 0 aliphatic carbocycles. The van der Waals surface area contributed by atoms with E-state index in [1.165, 1.54) is 9.70 Å². The number of carbonyl (C=O) groups excluding carboxylic acids is 3. The van der Waals surface area contributed by atoms with E-state index in [1.807, 2.05) is 30.3 Å². The minimum absolute atomic E-state index is 0.0558. The lowest BCUT2D eigenvalue weighted by Gasteiger charge is -2.30. The number of primary amides is 1. The van der Waals surface area contributed by atoms with E-state index >= 15 is 0 Å². The van der Waals surface area contributed by atoms with Gasteiger partial charge in [0.25, 0.3) is 5.91 Å². The number of rotatable bonds is 5. The van der Waals surface area contributed by atoms with Gasteiger partial charge in [-0.05, 0) is 31.9 Å². The first-order valence-electron chi connectivity index (χ1n) is 8.69. The summed E-state index contributed by atoms with van der Waals surface area (Å²) in [5.41, 5.74) is 6.49. The third-order valence-corrected chi connectivity index (χ3v) is 4.47. The summed E-state index contributed by atoms with van der Waals surface area (Å²) >= 11 is 0. The number of hydrogen-bond donors (Lipinski definition) is 1. The van der Waals surface area contributed by atoms with Crippen LogP contribution >= 0.6 is 0 Å². The van der Waals surface area contributed by atoms with Gasteiger partial charge in [0.1, 0.15) is 0 Å². The number of amides is 2. The number of piperidine rings is 1. The highest BCUT2D eigenvalue weighted by atomic mass is 16.5. The maximum atomic E-state index is 12.3. The summed E-state index contributed by atoms with van der Waals surface area (Å²) in [5.74, 6) is -1.85. The van der Waals surface area contributed by atoms with Gasteiger partial charge in [-0.2, -0.15) is 9.90 Å². The first-order chi connectivity index (χ1) is 13.0. The number of para-hydroxylation sites is 1. The fourth-order valence-corrected chi connectivity index (χ4v) is 2.97. The third-order valence-electron chi connectivity index (χ3n) is 4.47. The van der Waals surface area contributed by atoms with Gasteiger partial charge < -0.3 is 15.4 Å². The van der Waals surface area contributed by atoms with Crippen LogP contribution in [0.25, 0.3) is 5.69 Å². The van der Waals surface area contributed by atoms with Gasteiger partial charge in [0.05, 0.1) is 17.3 Å². The number of nitrogens with two attached hydrogens (primary N) is 1. The molecule has 3 rings (SSSR count). The number of aromatic nitrogens is 3. The van der Waals surface area contributed by atoms with E-state index in [2.05, 4.69) is 10.2 Å². The number of hydrogen-bond acceptors (Lipinski definition) is 6. The van der Waals surface area contributed by atoms with Crippen LogP contribution < -0.4 is 5.73 Å². The Morgan fingerprint density at radius 3 is 2.67 bits per heavy atom. The van der Waals surface area contributed by atoms with E-state index in [1.54, 1.807) is 6.92 Å². The van der Waals surface area contributed by atoms with E-state index in [4.69, 9.17) is 10.5 Å². The molecule has 1 aliphatic heterocycles. The fraction of sp³-hybridized carbons (Fsp3) is 0.389. The fourth-order valence-electron chi connectivity index (χ4n) is 2.97. The Hall–Kier alpha value is -3.23. The Morgan fingerprint density at radius 1 is 1.22 bits per heavy atom. The molecule has 27 heavy (non-hydrogen) atoms. The molecule has 0 saturated carbocycles. The average molecular weight is 371 g/mol.